The third-order valence-electron chi connectivity index (χ3n) is 2.87. The molecule has 1 saturated heterocycles. The van der Waals surface area contributed by atoms with Gasteiger partial charge in [0.05, 0.1) is 17.4 Å². The SMILES string of the molecule is CC1CN(c2ncc(N)cc2C#N)CC(C)N1. The van der Waals surface area contributed by atoms with Gasteiger partial charge in [-0.1, -0.05) is 0 Å². The van der Waals surface area contributed by atoms with Crippen LogP contribution in [0.1, 0.15) is 19.4 Å². The number of pyridine rings is 1. The molecular formula is C12H17N5. The Morgan fingerprint density at radius 2 is 2.12 bits per heavy atom. The maximum Gasteiger partial charge on any atom is 0.146 e. The summed E-state index contributed by atoms with van der Waals surface area (Å²) in [5, 5.41) is 12.6. The summed E-state index contributed by atoms with van der Waals surface area (Å²) in [6, 6.07) is 4.63. The maximum absolute atomic E-state index is 9.12. The maximum atomic E-state index is 9.12. The van der Waals surface area contributed by atoms with E-state index < -0.39 is 0 Å². The van der Waals surface area contributed by atoms with E-state index in [0.717, 1.165) is 18.9 Å². The minimum atomic E-state index is 0.393. The third kappa shape index (κ3) is 2.48. The molecule has 1 fully saturated rings. The van der Waals surface area contributed by atoms with Crippen molar-refractivity contribution in [1.82, 2.24) is 10.3 Å². The zero-order valence-corrected chi connectivity index (χ0v) is 10.1. The van der Waals surface area contributed by atoms with Crippen molar-refractivity contribution in [3.05, 3.63) is 17.8 Å². The Hall–Kier alpha value is -1.80. The van der Waals surface area contributed by atoms with E-state index in [-0.39, 0.29) is 0 Å². The van der Waals surface area contributed by atoms with Crippen molar-refractivity contribution < 1.29 is 0 Å². The Morgan fingerprint density at radius 3 is 2.71 bits per heavy atom. The van der Waals surface area contributed by atoms with Gasteiger partial charge in [-0.15, -0.1) is 0 Å². The quantitative estimate of drug-likeness (QED) is 0.744. The minimum Gasteiger partial charge on any atom is -0.397 e. The zero-order valence-electron chi connectivity index (χ0n) is 10.1. The number of nitrogen functional groups attached to an aromatic ring is 1. The van der Waals surface area contributed by atoms with Crippen molar-refractivity contribution in [2.45, 2.75) is 25.9 Å². The van der Waals surface area contributed by atoms with E-state index in [1.165, 1.54) is 0 Å². The number of anilines is 2. The first-order valence-electron chi connectivity index (χ1n) is 5.76. The lowest BCUT2D eigenvalue weighted by Crippen LogP contribution is -2.54. The zero-order chi connectivity index (χ0) is 12.4. The second-order valence-corrected chi connectivity index (χ2v) is 4.63. The smallest absolute Gasteiger partial charge is 0.146 e. The molecule has 0 aliphatic carbocycles. The van der Waals surface area contributed by atoms with Crippen LogP contribution < -0.4 is 16.0 Å². The summed E-state index contributed by atoms with van der Waals surface area (Å²) < 4.78 is 0. The third-order valence-corrected chi connectivity index (χ3v) is 2.87. The fourth-order valence-corrected chi connectivity index (χ4v) is 2.31. The van der Waals surface area contributed by atoms with E-state index in [9.17, 15) is 0 Å². The van der Waals surface area contributed by atoms with Gasteiger partial charge in [-0.3, -0.25) is 0 Å². The fourth-order valence-electron chi connectivity index (χ4n) is 2.31. The molecule has 0 aromatic carbocycles. The Balaban J connectivity index is 2.30. The lowest BCUT2D eigenvalue weighted by molar-refractivity contribution is 0.405. The average molecular weight is 231 g/mol. The van der Waals surface area contributed by atoms with E-state index >= 15 is 0 Å². The Labute approximate surface area is 101 Å². The first kappa shape index (κ1) is 11.7. The van der Waals surface area contributed by atoms with Crippen LogP contribution in [0, 0.1) is 11.3 Å². The average Bonchev–Trinajstić information content (AvgIpc) is 2.27. The van der Waals surface area contributed by atoms with Crippen LogP contribution in [0.3, 0.4) is 0 Å². The van der Waals surface area contributed by atoms with Gasteiger partial charge >= 0.3 is 0 Å². The monoisotopic (exact) mass is 231 g/mol. The molecule has 1 aromatic heterocycles. The number of aromatic nitrogens is 1. The number of rotatable bonds is 1. The number of nitrogens with zero attached hydrogens (tertiary/aromatic N) is 3. The van der Waals surface area contributed by atoms with E-state index in [2.05, 4.69) is 35.1 Å². The van der Waals surface area contributed by atoms with Crippen molar-refractivity contribution in [2.24, 2.45) is 0 Å². The molecule has 1 aliphatic rings. The van der Waals surface area contributed by atoms with Crippen molar-refractivity contribution in [1.29, 1.82) is 5.26 Å². The molecule has 0 saturated carbocycles. The molecule has 5 heteroatoms. The molecule has 17 heavy (non-hydrogen) atoms. The molecule has 0 spiro atoms. The Bertz CT molecular complexity index is 441. The normalized spacial score (nSPS) is 24.4. The van der Waals surface area contributed by atoms with Gasteiger partial charge in [0.2, 0.25) is 0 Å². The highest BCUT2D eigenvalue weighted by Gasteiger charge is 2.23. The van der Waals surface area contributed by atoms with Crippen LogP contribution in [0.2, 0.25) is 0 Å². The predicted molar refractivity (Wildman–Crippen MR) is 67.6 cm³/mol. The van der Waals surface area contributed by atoms with Crippen molar-refractivity contribution in [3.63, 3.8) is 0 Å². The number of nitriles is 1. The highest BCUT2D eigenvalue weighted by Crippen LogP contribution is 2.21. The van der Waals surface area contributed by atoms with E-state index in [0.29, 0.717) is 23.3 Å². The van der Waals surface area contributed by atoms with Crippen LogP contribution in [-0.4, -0.2) is 30.2 Å². The van der Waals surface area contributed by atoms with Crippen LogP contribution in [0.4, 0.5) is 11.5 Å². The number of hydrogen-bond donors (Lipinski definition) is 2. The second-order valence-electron chi connectivity index (χ2n) is 4.63. The second kappa shape index (κ2) is 4.60. The summed E-state index contributed by atoms with van der Waals surface area (Å²) in [5.41, 5.74) is 6.72. The molecule has 2 heterocycles. The molecule has 0 amide bonds. The Kier molecular flexibility index (Phi) is 3.16. The van der Waals surface area contributed by atoms with Gasteiger partial charge in [0.25, 0.3) is 0 Å². The molecule has 90 valence electrons. The summed E-state index contributed by atoms with van der Waals surface area (Å²) in [6.45, 7) is 5.98. The molecule has 5 nitrogen and oxygen atoms in total. The van der Waals surface area contributed by atoms with Gasteiger partial charge < -0.3 is 16.0 Å². The number of piperazine rings is 1. The molecule has 2 rings (SSSR count). The number of hydrogen-bond acceptors (Lipinski definition) is 5. The number of nitrogens with two attached hydrogens (primary N) is 1. The largest absolute Gasteiger partial charge is 0.397 e. The highest BCUT2D eigenvalue weighted by molar-refractivity contribution is 5.59. The molecule has 2 unspecified atom stereocenters. The molecule has 0 bridgehead atoms. The van der Waals surface area contributed by atoms with Gasteiger partial charge in [0.15, 0.2) is 0 Å². The lowest BCUT2D eigenvalue weighted by atomic mass is 10.1. The van der Waals surface area contributed by atoms with Crippen LogP contribution in [0.15, 0.2) is 12.3 Å². The summed E-state index contributed by atoms with van der Waals surface area (Å²) in [5.74, 6) is 0.738. The molecule has 3 N–H and O–H groups in total. The minimum absolute atomic E-state index is 0.393. The van der Waals surface area contributed by atoms with Crippen molar-refractivity contribution in [3.8, 4) is 6.07 Å². The van der Waals surface area contributed by atoms with Gasteiger partial charge in [-0.2, -0.15) is 5.26 Å². The first-order valence-corrected chi connectivity index (χ1v) is 5.76. The predicted octanol–water partition coefficient (Wildman–Crippen LogP) is 0.722. The standard InChI is InChI=1S/C12H17N5/c1-8-6-17(7-9(2)16-8)12-10(4-13)3-11(14)5-15-12/h3,5,8-9,16H,6-7,14H2,1-2H3. The topological polar surface area (TPSA) is 78.0 Å². The summed E-state index contributed by atoms with van der Waals surface area (Å²) in [6.07, 6.45) is 1.60. The van der Waals surface area contributed by atoms with E-state index in [1.54, 1.807) is 12.3 Å². The molecule has 1 aromatic rings. The Morgan fingerprint density at radius 1 is 1.47 bits per heavy atom. The molecule has 1 aliphatic heterocycles. The van der Waals surface area contributed by atoms with Crippen LogP contribution in [-0.2, 0) is 0 Å². The van der Waals surface area contributed by atoms with Gasteiger partial charge in [0, 0.05) is 25.2 Å². The molecule has 2 atom stereocenters. The summed E-state index contributed by atoms with van der Waals surface area (Å²) in [7, 11) is 0. The fraction of sp³-hybridized carbons (Fsp3) is 0.500. The highest BCUT2D eigenvalue weighted by atomic mass is 15.3. The van der Waals surface area contributed by atoms with E-state index in [4.69, 9.17) is 11.0 Å². The van der Waals surface area contributed by atoms with E-state index in [1.807, 2.05) is 0 Å². The van der Waals surface area contributed by atoms with Gasteiger partial charge in [0.1, 0.15) is 11.9 Å². The van der Waals surface area contributed by atoms with Crippen LogP contribution in [0.5, 0.6) is 0 Å². The van der Waals surface area contributed by atoms with Crippen LogP contribution in [0.25, 0.3) is 0 Å². The van der Waals surface area contributed by atoms with Crippen LogP contribution >= 0.6 is 0 Å². The van der Waals surface area contributed by atoms with Gasteiger partial charge in [-0.05, 0) is 19.9 Å². The first-order chi connectivity index (χ1) is 8.10. The number of nitrogens with one attached hydrogen (secondary N) is 1. The molecule has 0 radical (unpaired) electrons. The summed E-state index contributed by atoms with van der Waals surface area (Å²) in [4.78, 5) is 6.43. The lowest BCUT2D eigenvalue weighted by Gasteiger charge is -2.37. The van der Waals surface area contributed by atoms with Gasteiger partial charge in [-0.25, -0.2) is 4.98 Å². The summed E-state index contributed by atoms with van der Waals surface area (Å²) >= 11 is 0. The van der Waals surface area contributed by atoms with Crippen molar-refractivity contribution in [2.75, 3.05) is 23.7 Å². The van der Waals surface area contributed by atoms with Crippen molar-refractivity contribution >= 4 is 11.5 Å². The molecular weight excluding hydrogens is 214 g/mol.